The second-order valence-corrected chi connectivity index (χ2v) is 10.8. The highest BCUT2D eigenvalue weighted by molar-refractivity contribution is 5.96. The topological polar surface area (TPSA) is 157 Å². The monoisotopic (exact) mass is 662 g/mol. The summed E-state index contributed by atoms with van der Waals surface area (Å²) in [5, 5.41) is 18.7. The summed E-state index contributed by atoms with van der Waals surface area (Å²) < 4.78 is 17.2. The molecule has 0 saturated carbocycles. The van der Waals surface area contributed by atoms with Crippen LogP contribution in [0.4, 0.5) is 17.6 Å². The van der Waals surface area contributed by atoms with E-state index in [9.17, 15) is 14.7 Å². The maximum atomic E-state index is 12.6. The number of carbonyl (C=O) groups excluding carboxylic acids is 2. The lowest BCUT2D eigenvalue weighted by molar-refractivity contribution is 0.0497. The SMILES string of the molecule is O=C(CCCOCCOCCNc1nc(Nc2ccc(O)cc2)nc(Oc2ccc(C(=O)NCc3ccccc3)cc2)n1)c1ccccc1. The number of rotatable bonds is 19. The molecule has 4 N–H and O–H groups in total. The number of hydrogen-bond donors (Lipinski definition) is 4. The molecule has 0 radical (unpaired) electrons. The fourth-order valence-electron chi connectivity index (χ4n) is 4.53. The number of phenolic OH excluding ortho intramolecular Hbond substituents is 1. The normalized spacial score (nSPS) is 10.7. The highest BCUT2D eigenvalue weighted by Crippen LogP contribution is 2.23. The Kier molecular flexibility index (Phi) is 13.0. The number of amides is 1. The second-order valence-electron chi connectivity index (χ2n) is 10.8. The van der Waals surface area contributed by atoms with Crippen LogP contribution >= 0.6 is 0 Å². The molecule has 4 aromatic carbocycles. The van der Waals surface area contributed by atoms with Crippen LogP contribution in [0, 0.1) is 0 Å². The van der Waals surface area contributed by atoms with Gasteiger partial charge in [-0.15, -0.1) is 0 Å². The van der Waals surface area contributed by atoms with Gasteiger partial charge in [0.15, 0.2) is 5.78 Å². The molecule has 0 atom stereocenters. The van der Waals surface area contributed by atoms with Gasteiger partial charge in [-0.3, -0.25) is 9.59 Å². The second kappa shape index (κ2) is 18.5. The Morgan fingerprint density at radius 3 is 2.08 bits per heavy atom. The van der Waals surface area contributed by atoms with E-state index in [0.717, 1.165) is 5.56 Å². The molecule has 0 aliphatic carbocycles. The van der Waals surface area contributed by atoms with Crippen LogP contribution in [0.15, 0.2) is 109 Å². The number of Topliss-reactive ketones (excluding diaryl/α,β-unsaturated/α-hetero) is 1. The van der Waals surface area contributed by atoms with Crippen molar-refractivity contribution in [2.75, 3.05) is 43.6 Å². The van der Waals surface area contributed by atoms with Gasteiger partial charge in [0.2, 0.25) is 11.9 Å². The van der Waals surface area contributed by atoms with Crippen LogP contribution < -0.4 is 20.7 Å². The molecule has 5 aromatic rings. The number of hydrogen-bond acceptors (Lipinski definition) is 11. The van der Waals surface area contributed by atoms with Crippen LogP contribution in [0.3, 0.4) is 0 Å². The van der Waals surface area contributed by atoms with Gasteiger partial charge in [-0.1, -0.05) is 60.7 Å². The van der Waals surface area contributed by atoms with Crippen LogP contribution in [0.25, 0.3) is 0 Å². The molecule has 1 amide bonds. The molecule has 0 unspecified atom stereocenters. The van der Waals surface area contributed by atoms with Gasteiger partial charge in [-0.25, -0.2) is 0 Å². The van der Waals surface area contributed by atoms with E-state index in [1.54, 1.807) is 48.5 Å². The highest BCUT2D eigenvalue weighted by atomic mass is 16.5. The lowest BCUT2D eigenvalue weighted by Gasteiger charge is -2.11. The molecule has 0 fully saturated rings. The van der Waals surface area contributed by atoms with Crippen LogP contribution in [0.2, 0.25) is 0 Å². The minimum Gasteiger partial charge on any atom is -0.508 e. The minimum atomic E-state index is -0.202. The smallest absolute Gasteiger partial charge is 0.328 e. The molecule has 1 heterocycles. The first-order valence-electron chi connectivity index (χ1n) is 15.9. The first-order chi connectivity index (χ1) is 24.0. The van der Waals surface area contributed by atoms with Crippen molar-refractivity contribution in [2.24, 2.45) is 0 Å². The zero-order valence-electron chi connectivity index (χ0n) is 26.9. The summed E-state index contributed by atoms with van der Waals surface area (Å²) in [5.74, 6) is 0.943. The molecule has 5 rings (SSSR count). The lowest BCUT2D eigenvalue weighted by atomic mass is 10.1. The summed E-state index contributed by atoms with van der Waals surface area (Å²) in [6, 6.07) is 32.1. The molecule has 0 aliphatic rings. The quantitative estimate of drug-likeness (QED) is 0.0457. The number of carbonyl (C=O) groups is 2. The standard InChI is InChI=1S/C37H38N6O6/c44-31-17-15-30(16-18-31)40-36-41-35(38-21-23-48-25-24-47-22-7-12-33(45)28-10-5-2-6-11-28)42-37(43-36)49-32-19-13-29(14-20-32)34(46)39-26-27-8-3-1-4-9-27/h1-6,8-11,13-20,44H,7,12,21-26H2,(H,39,46)(H2,38,40,41,42,43). The average molecular weight is 663 g/mol. The molecular formula is C37H38N6O6. The molecule has 1 aromatic heterocycles. The number of ketones is 1. The third kappa shape index (κ3) is 11.7. The molecule has 0 spiro atoms. The van der Waals surface area contributed by atoms with Gasteiger partial charge in [0.05, 0.1) is 19.8 Å². The van der Waals surface area contributed by atoms with Gasteiger partial charge < -0.3 is 35.3 Å². The Hall–Kier alpha value is -5.85. The van der Waals surface area contributed by atoms with E-state index < -0.39 is 0 Å². The van der Waals surface area contributed by atoms with E-state index in [-0.39, 0.29) is 35.3 Å². The maximum absolute atomic E-state index is 12.6. The van der Waals surface area contributed by atoms with E-state index >= 15 is 0 Å². The van der Waals surface area contributed by atoms with Crippen molar-refractivity contribution in [3.63, 3.8) is 0 Å². The van der Waals surface area contributed by atoms with E-state index in [0.29, 0.717) is 74.9 Å². The van der Waals surface area contributed by atoms with Crippen molar-refractivity contribution >= 4 is 29.3 Å². The zero-order chi connectivity index (χ0) is 34.1. The summed E-state index contributed by atoms with van der Waals surface area (Å²) >= 11 is 0. The van der Waals surface area contributed by atoms with Gasteiger partial charge in [0, 0.05) is 42.9 Å². The lowest BCUT2D eigenvalue weighted by Crippen LogP contribution is -2.22. The Labute approximate surface area is 284 Å². The molecule has 0 bridgehead atoms. The summed E-state index contributed by atoms with van der Waals surface area (Å²) in [7, 11) is 0. The number of anilines is 3. The van der Waals surface area contributed by atoms with Crippen LogP contribution in [0.1, 0.15) is 39.1 Å². The van der Waals surface area contributed by atoms with Crippen LogP contribution in [0.5, 0.6) is 17.5 Å². The van der Waals surface area contributed by atoms with Crippen molar-refractivity contribution in [1.82, 2.24) is 20.3 Å². The van der Waals surface area contributed by atoms with Crippen molar-refractivity contribution in [2.45, 2.75) is 19.4 Å². The Morgan fingerprint density at radius 2 is 1.35 bits per heavy atom. The van der Waals surface area contributed by atoms with E-state index in [4.69, 9.17) is 14.2 Å². The number of aromatic nitrogens is 3. The average Bonchev–Trinajstić information content (AvgIpc) is 3.13. The fraction of sp³-hybridized carbons (Fsp3) is 0.216. The highest BCUT2D eigenvalue weighted by Gasteiger charge is 2.11. The van der Waals surface area contributed by atoms with E-state index in [2.05, 4.69) is 30.9 Å². The third-order valence-corrected chi connectivity index (χ3v) is 7.05. The van der Waals surface area contributed by atoms with Crippen molar-refractivity contribution in [1.29, 1.82) is 0 Å². The number of nitrogens with one attached hydrogen (secondary N) is 3. The van der Waals surface area contributed by atoms with Crippen molar-refractivity contribution in [3.8, 4) is 17.5 Å². The number of ether oxygens (including phenoxy) is 3. The van der Waals surface area contributed by atoms with Gasteiger partial charge in [-0.05, 0) is 60.5 Å². The third-order valence-electron chi connectivity index (χ3n) is 7.05. The number of benzene rings is 4. The Bertz CT molecular complexity index is 1760. The summed E-state index contributed by atoms with van der Waals surface area (Å²) in [5.41, 5.74) is 2.86. The summed E-state index contributed by atoms with van der Waals surface area (Å²) in [4.78, 5) is 38.0. The number of aromatic hydroxyl groups is 1. The predicted molar refractivity (Wildman–Crippen MR) is 185 cm³/mol. The van der Waals surface area contributed by atoms with E-state index in [1.165, 1.54) is 0 Å². The predicted octanol–water partition coefficient (Wildman–Crippen LogP) is 6.15. The molecule has 12 nitrogen and oxygen atoms in total. The molecule has 0 aliphatic heterocycles. The molecular weight excluding hydrogens is 624 g/mol. The molecule has 252 valence electrons. The Balaban J connectivity index is 1.09. The van der Waals surface area contributed by atoms with Crippen LogP contribution in [-0.4, -0.2) is 64.7 Å². The molecule has 0 saturated heterocycles. The van der Waals surface area contributed by atoms with Crippen molar-refractivity contribution < 1.29 is 28.9 Å². The maximum Gasteiger partial charge on any atom is 0.328 e. The van der Waals surface area contributed by atoms with Gasteiger partial charge >= 0.3 is 6.01 Å². The van der Waals surface area contributed by atoms with E-state index in [1.807, 2.05) is 60.7 Å². The van der Waals surface area contributed by atoms with Crippen LogP contribution in [-0.2, 0) is 16.0 Å². The fourth-order valence-corrected chi connectivity index (χ4v) is 4.53. The first kappa shape index (κ1) is 34.5. The number of phenols is 1. The van der Waals surface area contributed by atoms with Gasteiger partial charge in [0.1, 0.15) is 11.5 Å². The first-order valence-corrected chi connectivity index (χ1v) is 15.9. The molecule has 49 heavy (non-hydrogen) atoms. The zero-order valence-corrected chi connectivity index (χ0v) is 26.9. The number of nitrogens with zero attached hydrogens (tertiary/aromatic N) is 3. The summed E-state index contributed by atoms with van der Waals surface area (Å²) in [6.07, 6.45) is 1.08. The largest absolute Gasteiger partial charge is 0.508 e. The summed E-state index contributed by atoms with van der Waals surface area (Å²) in [6.45, 7) is 2.49. The molecule has 12 heteroatoms. The van der Waals surface area contributed by atoms with Gasteiger partial charge in [-0.2, -0.15) is 15.0 Å². The minimum absolute atomic E-state index is 0.0279. The van der Waals surface area contributed by atoms with Crippen molar-refractivity contribution in [3.05, 3.63) is 126 Å². The Morgan fingerprint density at radius 1 is 0.673 bits per heavy atom. The van der Waals surface area contributed by atoms with Gasteiger partial charge in [0.25, 0.3) is 5.91 Å².